The van der Waals surface area contributed by atoms with Crippen LogP contribution in [-0.4, -0.2) is 40.8 Å². The van der Waals surface area contributed by atoms with E-state index in [1.165, 1.54) is 16.3 Å². The van der Waals surface area contributed by atoms with Gasteiger partial charge in [-0.3, -0.25) is 0 Å². The minimum atomic E-state index is 0.174. The fourth-order valence-electron chi connectivity index (χ4n) is 3.76. The lowest BCUT2D eigenvalue weighted by atomic mass is 10.0. The van der Waals surface area contributed by atoms with Gasteiger partial charge in [0.2, 0.25) is 0 Å². The van der Waals surface area contributed by atoms with Crippen LogP contribution in [0, 0.1) is 0 Å². The van der Waals surface area contributed by atoms with E-state index >= 15 is 0 Å². The Bertz CT molecular complexity index is 877. The van der Waals surface area contributed by atoms with Gasteiger partial charge in [0.15, 0.2) is 0 Å². The highest BCUT2D eigenvalue weighted by Crippen LogP contribution is 2.24. The quantitative estimate of drug-likeness (QED) is 0.716. The maximum Gasteiger partial charge on any atom is 0.134 e. The smallest absolute Gasteiger partial charge is 0.134 e. The fourth-order valence-corrected chi connectivity index (χ4v) is 3.76. The van der Waals surface area contributed by atoms with Crippen molar-refractivity contribution >= 4 is 22.4 Å². The van der Waals surface area contributed by atoms with Crippen molar-refractivity contribution in [1.29, 1.82) is 0 Å². The van der Waals surface area contributed by atoms with E-state index in [1.807, 2.05) is 6.07 Å². The van der Waals surface area contributed by atoms with Gasteiger partial charge in [0.05, 0.1) is 12.6 Å². The first kappa shape index (κ1) is 16.8. The predicted octanol–water partition coefficient (Wildman–Crippen LogP) is 3.25. The van der Waals surface area contributed by atoms with Gasteiger partial charge in [-0.05, 0) is 35.6 Å². The summed E-state index contributed by atoms with van der Waals surface area (Å²) in [5.41, 5.74) is 1.34. The van der Waals surface area contributed by atoms with Crippen LogP contribution in [0.1, 0.15) is 18.4 Å². The first-order chi connectivity index (χ1) is 12.8. The SMILES string of the molecule is OCC1CCCN1c1cc(NCCc2cccc3ccccc23)ncn1. The number of rotatable bonds is 6. The Morgan fingerprint density at radius 1 is 1.12 bits per heavy atom. The molecule has 1 fully saturated rings. The highest BCUT2D eigenvalue weighted by Gasteiger charge is 2.25. The summed E-state index contributed by atoms with van der Waals surface area (Å²) in [5.74, 6) is 1.73. The molecular weight excluding hydrogens is 324 g/mol. The van der Waals surface area contributed by atoms with Gasteiger partial charge in [0, 0.05) is 19.2 Å². The molecule has 0 aliphatic carbocycles. The van der Waals surface area contributed by atoms with Gasteiger partial charge in [-0.15, -0.1) is 0 Å². The summed E-state index contributed by atoms with van der Waals surface area (Å²) in [6, 6.07) is 17.1. The van der Waals surface area contributed by atoms with Crippen LogP contribution >= 0.6 is 0 Å². The lowest BCUT2D eigenvalue weighted by molar-refractivity contribution is 0.266. The normalized spacial score (nSPS) is 17.0. The van der Waals surface area contributed by atoms with Crippen molar-refractivity contribution in [3.8, 4) is 0 Å². The average molecular weight is 348 g/mol. The van der Waals surface area contributed by atoms with E-state index in [9.17, 15) is 5.11 Å². The van der Waals surface area contributed by atoms with E-state index in [-0.39, 0.29) is 12.6 Å². The molecule has 5 heteroatoms. The zero-order chi connectivity index (χ0) is 17.8. The molecule has 2 aromatic carbocycles. The van der Waals surface area contributed by atoms with Gasteiger partial charge in [-0.25, -0.2) is 9.97 Å². The number of hydrogen-bond acceptors (Lipinski definition) is 5. The molecule has 0 radical (unpaired) electrons. The number of hydrogen-bond donors (Lipinski definition) is 2. The summed E-state index contributed by atoms with van der Waals surface area (Å²) in [4.78, 5) is 10.9. The molecule has 4 rings (SSSR count). The zero-order valence-electron chi connectivity index (χ0n) is 14.8. The molecule has 1 saturated heterocycles. The minimum absolute atomic E-state index is 0.174. The summed E-state index contributed by atoms with van der Waals surface area (Å²) >= 11 is 0. The van der Waals surface area contributed by atoms with Crippen LogP contribution < -0.4 is 10.2 Å². The second-order valence-corrected chi connectivity index (χ2v) is 6.75. The number of aliphatic hydroxyl groups is 1. The number of aromatic nitrogens is 2. The van der Waals surface area contributed by atoms with Crippen molar-refractivity contribution in [3.63, 3.8) is 0 Å². The molecule has 2 heterocycles. The lowest BCUT2D eigenvalue weighted by Gasteiger charge is -2.24. The van der Waals surface area contributed by atoms with Gasteiger partial charge in [-0.1, -0.05) is 42.5 Å². The van der Waals surface area contributed by atoms with E-state index in [2.05, 4.69) is 62.6 Å². The second-order valence-electron chi connectivity index (χ2n) is 6.75. The van der Waals surface area contributed by atoms with Crippen LogP contribution in [0.2, 0.25) is 0 Å². The Morgan fingerprint density at radius 3 is 2.92 bits per heavy atom. The topological polar surface area (TPSA) is 61.3 Å². The van der Waals surface area contributed by atoms with E-state index < -0.39 is 0 Å². The lowest BCUT2D eigenvalue weighted by Crippen LogP contribution is -2.32. The van der Waals surface area contributed by atoms with E-state index in [0.29, 0.717) is 0 Å². The summed E-state index contributed by atoms with van der Waals surface area (Å²) in [5, 5.41) is 15.5. The molecule has 1 atom stereocenters. The highest BCUT2D eigenvalue weighted by atomic mass is 16.3. The fraction of sp³-hybridized carbons (Fsp3) is 0.333. The molecule has 0 bridgehead atoms. The molecule has 2 N–H and O–H groups in total. The first-order valence-electron chi connectivity index (χ1n) is 9.25. The molecule has 1 unspecified atom stereocenters. The molecule has 0 amide bonds. The molecular formula is C21H24N4O. The number of anilines is 2. The number of fused-ring (bicyclic) bond motifs is 1. The maximum absolute atomic E-state index is 9.52. The molecule has 0 saturated carbocycles. The van der Waals surface area contributed by atoms with E-state index in [1.54, 1.807) is 6.33 Å². The number of aliphatic hydroxyl groups excluding tert-OH is 1. The number of nitrogens with zero attached hydrogens (tertiary/aromatic N) is 3. The third-order valence-electron chi connectivity index (χ3n) is 5.12. The molecule has 5 nitrogen and oxygen atoms in total. The van der Waals surface area contributed by atoms with Crippen LogP contribution in [0.5, 0.6) is 0 Å². The first-order valence-corrected chi connectivity index (χ1v) is 9.25. The van der Waals surface area contributed by atoms with Crippen molar-refractivity contribution in [1.82, 2.24) is 9.97 Å². The van der Waals surface area contributed by atoms with Gasteiger partial charge >= 0.3 is 0 Å². The molecule has 26 heavy (non-hydrogen) atoms. The summed E-state index contributed by atoms with van der Waals surface area (Å²) in [7, 11) is 0. The minimum Gasteiger partial charge on any atom is -0.394 e. The van der Waals surface area contributed by atoms with Crippen LogP contribution in [0.15, 0.2) is 54.9 Å². The standard InChI is InChI=1S/C21H24N4O/c26-14-18-8-4-12-25(18)21-13-20(23-15-24-21)22-11-10-17-7-3-6-16-5-1-2-9-19(16)17/h1-3,5-7,9,13,15,18,26H,4,8,10-12,14H2,(H,22,23,24). The number of nitrogens with one attached hydrogen (secondary N) is 1. The molecule has 1 aliphatic heterocycles. The zero-order valence-corrected chi connectivity index (χ0v) is 14.8. The Hall–Kier alpha value is -2.66. The molecule has 0 spiro atoms. The Morgan fingerprint density at radius 2 is 2.00 bits per heavy atom. The van der Waals surface area contributed by atoms with Crippen molar-refractivity contribution < 1.29 is 5.11 Å². The highest BCUT2D eigenvalue weighted by molar-refractivity contribution is 5.85. The van der Waals surface area contributed by atoms with Crippen molar-refractivity contribution in [3.05, 3.63) is 60.4 Å². The van der Waals surface area contributed by atoms with Gasteiger partial charge in [0.25, 0.3) is 0 Å². The summed E-state index contributed by atoms with van der Waals surface area (Å²) < 4.78 is 0. The van der Waals surface area contributed by atoms with Crippen LogP contribution in [0.3, 0.4) is 0 Å². The average Bonchev–Trinajstić information content (AvgIpc) is 3.17. The molecule has 134 valence electrons. The Labute approximate surface area is 153 Å². The van der Waals surface area contributed by atoms with Crippen molar-refractivity contribution in [2.45, 2.75) is 25.3 Å². The molecule has 1 aliphatic rings. The Balaban J connectivity index is 1.43. The predicted molar refractivity (Wildman–Crippen MR) is 106 cm³/mol. The summed E-state index contributed by atoms with van der Waals surface area (Å²) in [6.45, 7) is 1.93. The summed E-state index contributed by atoms with van der Waals surface area (Å²) in [6.07, 6.45) is 4.65. The van der Waals surface area contributed by atoms with Gasteiger partial charge in [-0.2, -0.15) is 0 Å². The third-order valence-corrected chi connectivity index (χ3v) is 5.12. The van der Waals surface area contributed by atoms with E-state index in [4.69, 9.17) is 0 Å². The van der Waals surface area contributed by atoms with Crippen molar-refractivity contribution in [2.75, 3.05) is 29.9 Å². The van der Waals surface area contributed by atoms with Gasteiger partial charge < -0.3 is 15.3 Å². The third kappa shape index (κ3) is 3.48. The van der Waals surface area contributed by atoms with E-state index in [0.717, 1.165) is 44.0 Å². The van der Waals surface area contributed by atoms with Crippen LogP contribution in [0.4, 0.5) is 11.6 Å². The Kier molecular flexibility index (Phi) is 4.97. The van der Waals surface area contributed by atoms with Crippen molar-refractivity contribution in [2.24, 2.45) is 0 Å². The monoisotopic (exact) mass is 348 g/mol. The maximum atomic E-state index is 9.52. The van der Waals surface area contributed by atoms with Crippen LogP contribution in [-0.2, 0) is 6.42 Å². The van der Waals surface area contributed by atoms with Crippen LogP contribution in [0.25, 0.3) is 10.8 Å². The molecule has 1 aromatic heterocycles. The largest absolute Gasteiger partial charge is 0.394 e. The molecule has 3 aromatic rings. The van der Waals surface area contributed by atoms with Gasteiger partial charge in [0.1, 0.15) is 18.0 Å². The second kappa shape index (κ2) is 7.70. The number of benzene rings is 2.